The third kappa shape index (κ3) is 2.68. The Balaban J connectivity index is 2.02. The molecule has 0 bridgehead atoms. The Hall–Kier alpha value is -1.11. The molecule has 0 aliphatic heterocycles. The first-order chi connectivity index (χ1) is 7.25. The summed E-state index contributed by atoms with van der Waals surface area (Å²) in [5.41, 5.74) is 2.18. The fraction of sp³-hybridized carbons (Fsp3) is 0.200. The van der Waals surface area contributed by atoms with Gasteiger partial charge in [-0.1, -0.05) is 11.3 Å². The summed E-state index contributed by atoms with van der Waals surface area (Å²) in [5.74, 6) is 0. The first kappa shape index (κ1) is 10.4. The van der Waals surface area contributed by atoms with E-state index in [2.05, 4.69) is 50.4 Å². The van der Waals surface area contributed by atoms with Gasteiger partial charge in [-0.25, -0.2) is 0 Å². The minimum atomic E-state index is 0.740. The van der Waals surface area contributed by atoms with Gasteiger partial charge in [0, 0.05) is 16.3 Å². The smallest absolute Gasteiger partial charge is 0.0774 e. The van der Waals surface area contributed by atoms with Gasteiger partial charge in [-0.3, -0.25) is 4.68 Å². The van der Waals surface area contributed by atoms with Gasteiger partial charge in [-0.15, -0.1) is 5.10 Å². The minimum absolute atomic E-state index is 0.740. The van der Waals surface area contributed by atoms with Crippen LogP contribution in [-0.2, 0) is 13.6 Å². The molecule has 1 heterocycles. The fourth-order valence-corrected chi connectivity index (χ4v) is 1.81. The number of hydrogen-bond acceptors (Lipinski definition) is 3. The third-order valence-corrected chi connectivity index (χ3v) is 2.78. The number of halogens is 1. The molecule has 5 heteroatoms. The molecular formula is C10H11IN4. The predicted octanol–water partition coefficient (Wildman–Crippen LogP) is 2.03. The largest absolute Gasteiger partial charge is 0.379 e. The highest BCUT2D eigenvalue weighted by molar-refractivity contribution is 14.1. The second-order valence-electron chi connectivity index (χ2n) is 3.21. The van der Waals surface area contributed by atoms with Crippen molar-refractivity contribution in [2.45, 2.75) is 6.54 Å². The lowest BCUT2D eigenvalue weighted by molar-refractivity contribution is 0.683. The first-order valence-corrected chi connectivity index (χ1v) is 5.66. The van der Waals surface area contributed by atoms with Gasteiger partial charge in [-0.2, -0.15) is 0 Å². The van der Waals surface area contributed by atoms with Gasteiger partial charge in [0.1, 0.15) is 0 Å². The number of nitrogens with zero attached hydrogens (tertiary/aromatic N) is 3. The zero-order valence-corrected chi connectivity index (χ0v) is 10.5. The van der Waals surface area contributed by atoms with Crippen molar-refractivity contribution in [3.05, 3.63) is 39.7 Å². The van der Waals surface area contributed by atoms with Crippen LogP contribution in [0.5, 0.6) is 0 Å². The Morgan fingerprint density at radius 2 is 2.33 bits per heavy atom. The van der Waals surface area contributed by atoms with E-state index < -0.39 is 0 Å². The number of nitrogens with one attached hydrogen (secondary N) is 1. The van der Waals surface area contributed by atoms with Crippen molar-refractivity contribution >= 4 is 28.3 Å². The Labute approximate surface area is 102 Å². The first-order valence-electron chi connectivity index (χ1n) is 4.59. The van der Waals surface area contributed by atoms with Crippen LogP contribution in [0.3, 0.4) is 0 Å². The van der Waals surface area contributed by atoms with E-state index in [1.165, 1.54) is 3.57 Å². The van der Waals surface area contributed by atoms with E-state index in [4.69, 9.17) is 0 Å². The van der Waals surface area contributed by atoms with Crippen molar-refractivity contribution < 1.29 is 0 Å². The number of rotatable bonds is 3. The Bertz CT molecular complexity index is 452. The van der Waals surface area contributed by atoms with Crippen molar-refractivity contribution in [1.29, 1.82) is 0 Å². The maximum atomic E-state index is 3.87. The SMILES string of the molecule is Cn1nncc1CNc1cccc(I)c1. The van der Waals surface area contributed by atoms with Gasteiger partial charge in [0.25, 0.3) is 0 Å². The molecule has 4 nitrogen and oxygen atoms in total. The standard InChI is InChI=1S/C10H11IN4/c1-15-10(7-13-14-15)6-12-9-4-2-3-8(11)5-9/h2-5,7,12H,6H2,1H3. The average molecular weight is 314 g/mol. The quantitative estimate of drug-likeness (QED) is 0.882. The second-order valence-corrected chi connectivity index (χ2v) is 4.46. The Morgan fingerprint density at radius 1 is 1.47 bits per heavy atom. The highest BCUT2D eigenvalue weighted by Crippen LogP contribution is 2.13. The molecule has 1 N–H and O–H groups in total. The molecule has 0 aliphatic carbocycles. The lowest BCUT2D eigenvalue weighted by atomic mass is 10.3. The molecule has 15 heavy (non-hydrogen) atoms. The number of aryl methyl sites for hydroxylation is 1. The summed E-state index contributed by atoms with van der Waals surface area (Å²) in [6.45, 7) is 0.740. The summed E-state index contributed by atoms with van der Waals surface area (Å²) in [6.07, 6.45) is 1.76. The van der Waals surface area contributed by atoms with Gasteiger partial charge in [0.15, 0.2) is 0 Å². The van der Waals surface area contributed by atoms with Crippen LogP contribution in [0.2, 0.25) is 0 Å². The Morgan fingerprint density at radius 3 is 3.00 bits per heavy atom. The highest BCUT2D eigenvalue weighted by atomic mass is 127. The molecule has 2 aromatic rings. The van der Waals surface area contributed by atoms with Gasteiger partial charge in [0.2, 0.25) is 0 Å². The molecule has 0 saturated carbocycles. The lowest BCUT2D eigenvalue weighted by Crippen LogP contribution is -2.05. The van der Waals surface area contributed by atoms with Crippen LogP contribution in [0, 0.1) is 3.57 Å². The summed E-state index contributed by atoms with van der Waals surface area (Å²) >= 11 is 2.30. The topological polar surface area (TPSA) is 42.7 Å². The van der Waals surface area contributed by atoms with E-state index >= 15 is 0 Å². The third-order valence-electron chi connectivity index (χ3n) is 2.11. The van der Waals surface area contributed by atoms with Crippen LogP contribution in [-0.4, -0.2) is 15.0 Å². The van der Waals surface area contributed by atoms with Crippen LogP contribution in [0.25, 0.3) is 0 Å². The summed E-state index contributed by atoms with van der Waals surface area (Å²) in [6, 6.07) is 8.25. The molecule has 0 fully saturated rings. The normalized spacial score (nSPS) is 10.3. The molecule has 1 aromatic carbocycles. The fourth-order valence-electron chi connectivity index (χ4n) is 1.26. The summed E-state index contributed by atoms with van der Waals surface area (Å²) in [5, 5.41) is 11.0. The molecule has 2 rings (SSSR count). The van der Waals surface area contributed by atoms with Crippen LogP contribution in [0.1, 0.15) is 5.69 Å². The van der Waals surface area contributed by atoms with Crippen LogP contribution in [0.4, 0.5) is 5.69 Å². The molecule has 78 valence electrons. The van der Waals surface area contributed by atoms with Crippen molar-refractivity contribution in [2.24, 2.45) is 7.05 Å². The summed E-state index contributed by atoms with van der Waals surface area (Å²) in [4.78, 5) is 0. The zero-order valence-electron chi connectivity index (χ0n) is 8.31. The van der Waals surface area contributed by atoms with E-state index in [-0.39, 0.29) is 0 Å². The van der Waals surface area contributed by atoms with Crippen LogP contribution in [0.15, 0.2) is 30.5 Å². The zero-order chi connectivity index (χ0) is 10.7. The molecule has 0 saturated heterocycles. The molecule has 0 amide bonds. The predicted molar refractivity (Wildman–Crippen MR) is 67.5 cm³/mol. The molecule has 0 atom stereocenters. The maximum absolute atomic E-state index is 3.87. The van der Waals surface area contributed by atoms with Gasteiger partial charge in [-0.05, 0) is 40.8 Å². The van der Waals surface area contributed by atoms with E-state index in [0.29, 0.717) is 0 Å². The summed E-state index contributed by atoms with van der Waals surface area (Å²) < 4.78 is 2.99. The Kier molecular flexibility index (Phi) is 3.20. The van der Waals surface area contributed by atoms with Gasteiger partial charge >= 0.3 is 0 Å². The second kappa shape index (κ2) is 4.61. The van der Waals surface area contributed by atoms with E-state index in [1.54, 1.807) is 10.9 Å². The molecule has 0 radical (unpaired) electrons. The molecule has 0 unspecified atom stereocenters. The van der Waals surface area contributed by atoms with Crippen LogP contribution < -0.4 is 5.32 Å². The van der Waals surface area contributed by atoms with Crippen molar-refractivity contribution in [2.75, 3.05) is 5.32 Å². The monoisotopic (exact) mass is 314 g/mol. The number of anilines is 1. The average Bonchev–Trinajstić information content (AvgIpc) is 2.61. The number of aromatic nitrogens is 3. The summed E-state index contributed by atoms with van der Waals surface area (Å²) in [7, 11) is 1.89. The van der Waals surface area contributed by atoms with E-state index in [1.807, 2.05) is 19.2 Å². The van der Waals surface area contributed by atoms with Crippen molar-refractivity contribution in [3.63, 3.8) is 0 Å². The number of hydrogen-bond donors (Lipinski definition) is 1. The maximum Gasteiger partial charge on any atom is 0.0774 e. The highest BCUT2D eigenvalue weighted by Gasteiger charge is 1.99. The molecule has 0 aliphatic rings. The minimum Gasteiger partial charge on any atom is -0.379 e. The van der Waals surface area contributed by atoms with E-state index in [0.717, 1.165) is 17.9 Å². The van der Waals surface area contributed by atoms with Gasteiger partial charge < -0.3 is 5.32 Å². The van der Waals surface area contributed by atoms with E-state index in [9.17, 15) is 0 Å². The van der Waals surface area contributed by atoms with Crippen LogP contribution >= 0.6 is 22.6 Å². The van der Waals surface area contributed by atoms with Crippen molar-refractivity contribution in [3.8, 4) is 0 Å². The molecular weight excluding hydrogens is 303 g/mol. The molecule has 0 spiro atoms. The number of benzene rings is 1. The molecule has 1 aromatic heterocycles. The van der Waals surface area contributed by atoms with Crippen molar-refractivity contribution in [1.82, 2.24) is 15.0 Å². The lowest BCUT2D eigenvalue weighted by Gasteiger charge is -2.05. The van der Waals surface area contributed by atoms with Gasteiger partial charge in [0.05, 0.1) is 18.4 Å².